The van der Waals surface area contributed by atoms with Gasteiger partial charge in [-0.05, 0) is 31.0 Å². The molecule has 3 N–H and O–H groups in total. The molecule has 1 rings (SSSR count). The Bertz CT molecular complexity index is 519. The van der Waals surface area contributed by atoms with E-state index < -0.39 is 11.4 Å². The molecule has 0 saturated carbocycles. The lowest BCUT2D eigenvalue weighted by molar-refractivity contribution is -0.125. The molecule has 0 saturated heterocycles. The van der Waals surface area contributed by atoms with Crippen molar-refractivity contribution in [2.75, 3.05) is 19.0 Å². The van der Waals surface area contributed by atoms with Crippen molar-refractivity contribution in [1.82, 2.24) is 0 Å². The number of nitrogens with one attached hydrogen (secondary N) is 1. The molecule has 0 aliphatic carbocycles. The molecule has 1 aromatic carbocycles. The van der Waals surface area contributed by atoms with Crippen LogP contribution < -0.4 is 11.1 Å². The highest BCUT2D eigenvalue weighted by molar-refractivity contribution is 6.33. The zero-order valence-corrected chi connectivity index (χ0v) is 13.3. The number of halogens is 1. The molecule has 0 radical (unpaired) electrons. The monoisotopic (exact) mass is 312 g/mol. The van der Waals surface area contributed by atoms with Crippen LogP contribution in [-0.4, -0.2) is 25.5 Å². The maximum absolute atomic E-state index is 12.4. The molecule has 21 heavy (non-hydrogen) atoms. The second kappa shape index (κ2) is 7.43. The van der Waals surface area contributed by atoms with Gasteiger partial charge < -0.3 is 15.8 Å². The molecule has 0 aliphatic heterocycles. The normalized spacial score (nSPS) is 11.1. The predicted octanol–water partition coefficient (Wildman–Crippen LogP) is 2.83. The van der Waals surface area contributed by atoms with Gasteiger partial charge in [-0.1, -0.05) is 25.4 Å². The van der Waals surface area contributed by atoms with Crippen LogP contribution in [0, 0.1) is 5.41 Å². The van der Waals surface area contributed by atoms with Crippen molar-refractivity contribution in [2.24, 2.45) is 11.1 Å². The van der Waals surface area contributed by atoms with Gasteiger partial charge >= 0.3 is 5.97 Å². The van der Waals surface area contributed by atoms with Gasteiger partial charge in [0.05, 0.1) is 23.1 Å². The van der Waals surface area contributed by atoms with E-state index in [1.165, 1.54) is 13.2 Å². The largest absolute Gasteiger partial charge is 0.465 e. The number of hydrogen-bond acceptors (Lipinski definition) is 4. The molecule has 0 unspecified atom stereocenters. The Hall–Kier alpha value is -1.59. The van der Waals surface area contributed by atoms with Crippen molar-refractivity contribution in [3.8, 4) is 0 Å². The van der Waals surface area contributed by atoms with Crippen LogP contribution in [0.25, 0.3) is 0 Å². The third-order valence-corrected chi connectivity index (χ3v) is 4.19. The van der Waals surface area contributed by atoms with Crippen LogP contribution in [-0.2, 0) is 9.53 Å². The number of nitrogens with two attached hydrogens (primary N) is 1. The van der Waals surface area contributed by atoms with E-state index in [4.69, 9.17) is 17.3 Å². The smallest absolute Gasteiger partial charge is 0.339 e. The molecule has 6 heteroatoms. The Morgan fingerprint density at radius 2 is 1.95 bits per heavy atom. The van der Waals surface area contributed by atoms with Gasteiger partial charge in [-0.3, -0.25) is 4.79 Å². The van der Waals surface area contributed by atoms with Gasteiger partial charge in [-0.25, -0.2) is 4.79 Å². The minimum Gasteiger partial charge on any atom is -0.465 e. The fraction of sp³-hybridized carbons (Fsp3) is 0.467. The number of ether oxygens (including phenoxy) is 1. The number of rotatable bonds is 6. The van der Waals surface area contributed by atoms with Gasteiger partial charge in [0.2, 0.25) is 5.91 Å². The molecular formula is C15H21ClN2O3. The molecule has 0 aliphatic rings. The minimum absolute atomic E-state index is 0.159. The Kier molecular flexibility index (Phi) is 6.18. The van der Waals surface area contributed by atoms with E-state index in [0.717, 1.165) is 0 Å². The Balaban J connectivity index is 3.03. The summed E-state index contributed by atoms with van der Waals surface area (Å²) >= 11 is 5.94. The first-order valence-corrected chi connectivity index (χ1v) is 7.21. The number of methoxy groups -OCH3 is 1. The number of hydrogen-bond donors (Lipinski definition) is 2. The highest BCUT2D eigenvalue weighted by Crippen LogP contribution is 2.28. The first-order chi connectivity index (χ1) is 9.93. The lowest BCUT2D eigenvalue weighted by atomic mass is 9.81. The summed E-state index contributed by atoms with van der Waals surface area (Å²) in [5.74, 6) is -0.708. The third kappa shape index (κ3) is 3.74. The van der Waals surface area contributed by atoms with E-state index in [0.29, 0.717) is 18.5 Å². The number of esters is 1. The van der Waals surface area contributed by atoms with E-state index in [2.05, 4.69) is 10.1 Å². The van der Waals surface area contributed by atoms with E-state index in [1.807, 2.05) is 13.8 Å². The summed E-state index contributed by atoms with van der Waals surface area (Å²) in [4.78, 5) is 24.0. The fourth-order valence-electron chi connectivity index (χ4n) is 2.09. The molecule has 1 aromatic rings. The van der Waals surface area contributed by atoms with E-state index in [9.17, 15) is 9.59 Å². The second-order valence-electron chi connectivity index (χ2n) is 4.83. The molecule has 0 atom stereocenters. The summed E-state index contributed by atoms with van der Waals surface area (Å²) < 4.78 is 4.65. The van der Waals surface area contributed by atoms with Gasteiger partial charge in [0.25, 0.3) is 0 Å². The van der Waals surface area contributed by atoms with E-state index in [-0.39, 0.29) is 23.0 Å². The standard InChI is InChI=1S/C15H21ClN2O3/c1-4-15(5-2,9-17)14(20)18-10-6-7-12(16)11(8-10)13(19)21-3/h6-8H,4-5,9,17H2,1-3H3,(H,18,20). The third-order valence-electron chi connectivity index (χ3n) is 3.86. The predicted molar refractivity (Wildman–Crippen MR) is 83.5 cm³/mol. The van der Waals surface area contributed by atoms with Crippen LogP contribution >= 0.6 is 11.6 Å². The zero-order valence-electron chi connectivity index (χ0n) is 12.5. The summed E-state index contributed by atoms with van der Waals surface area (Å²) in [5, 5.41) is 3.07. The van der Waals surface area contributed by atoms with Crippen LogP contribution in [0.4, 0.5) is 5.69 Å². The summed E-state index contributed by atoms with van der Waals surface area (Å²) in [6, 6.07) is 4.68. The molecule has 5 nitrogen and oxygen atoms in total. The summed E-state index contributed by atoms with van der Waals surface area (Å²) in [7, 11) is 1.28. The number of anilines is 1. The number of benzene rings is 1. The molecule has 0 aromatic heterocycles. The van der Waals surface area contributed by atoms with Crippen LogP contribution in [0.2, 0.25) is 5.02 Å². The van der Waals surface area contributed by atoms with Crippen LogP contribution in [0.5, 0.6) is 0 Å². The summed E-state index contributed by atoms with van der Waals surface area (Å²) in [5.41, 5.74) is 5.85. The highest BCUT2D eigenvalue weighted by Gasteiger charge is 2.33. The summed E-state index contributed by atoms with van der Waals surface area (Å²) in [6.07, 6.45) is 1.28. The first kappa shape index (κ1) is 17.5. The Morgan fingerprint density at radius 1 is 1.33 bits per heavy atom. The molecule has 1 amide bonds. The Labute approximate surface area is 129 Å². The maximum atomic E-state index is 12.4. The van der Waals surface area contributed by atoms with Crippen LogP contribution in [0.3, 0.4) is 0 Å². The molecule has 0 heterocycles. The highest BCUT2D eigenvalue weighted by atomic mass is 35.5. The van der Waals surface area contributed by atoms with Gasteiger partial charge in [-0.15, -0.1) is 0 Å². The maximum Gasteiger partial charge on any atom is 0.339 e. The number of amides is 1. The first-order valence-electron chi connectivity index (χ1n) is 6.83. The van der Waals surface area contributed by atoms with Gasteiger partial charge in [-0.2, -0.15) is 0 Å². The lowest BCUT2D eigenvalue weighted by Crippen LogP contribution is -2.41. The van der Waals surface area contributed by atoms with E-state index in [1.54, 1.807) is 12.1 Å². The van der Waals surface area contributed by atoms with Crippen molar-refractivity contribution in [3.63, 3.8) is 0 Å². The quantitative estimate of drug-likeness (QED) is 0.791. The zero-order chi connectivity index (χ0) is 16.0. The van der Waals surface area contributed by atoms with Crippen molar-refractivity contribution < 1.29 is 14.3 Å². The Morgan fingerprint density at radius 3 is 2.43 bits per heavy atom. The van der Waals surface area contributed by atoms with Crippen molar-refractivity contribution >= 4 is 29.2 Å². The van der Waals surface area contributed by atoms with Gasteiger partial charge in [0.15, 0.2) is 0 Å². The molecule has 0 spiro atoms. The average Bonchev–Trinajstić information content (AvgIpc) is 2.50. The topological polar surface area (TPSA) is 81.4 Å². The SMILES string of the molecule is CCC(CC)(CN)C(=O)Nc1ccc(Cl)c(C(=O)OC)c1. The molecular weight excluding hydrogens is 292 g/mol. The molecule has 0 bridgehead atoms. The van der Waals surface area contributed by atoms with Gasteiger partial charge in [0, 0.05) is 12.2 Å². The van der Waals surface area contributed by atoms with Crippen molar-refractivity contribution in [2.45, 2.75) is 26.7 Å². The van der Waals surface area contributed by atoms with Crippen molar-refractivity contribution in [3.05, 3.63) is 28.8 Å². The minimum atomic E-state index is -0.606. The lowest BCUT2D eigenvalue weighted by Gasteiger charge is -2.28. The fourth-order valence-corrected chi connectivity index (χ4v) is 2.28. The second-order valence-corrected chi connectivity index (χ2v) is 5.24. The molecule has 116 valence electrons. The van der Waals surface area contributed by atoms with Crippen LogP contribution in [0.1, 0.15) is 37.0 Å². The van der Waals surface area contributed by atoms with Crippen LogP contribution in [0.15, 0.2) is 18.2 Å². The van der Waals surface area contributed by atoms with Crippen molar-refractivity contribution in [1.29, 1.82) is 0 Å². The summed E-state index contributed by atoms with van der Waals surface area (Å²) in [6.45, 7) is 4.12. The van der Waals surface area contributed by atoms with Gasteiger partial charge in [0.1, 0.15) is 0 Å². The molecule has 0 fully saturated rings. The number of carbonyl (C=O) groups excluding carboxylic acids is 2. The average molecular weight is 313 g/mol. The van der Waals surface area contributed by atoms with E-state index >= 15 is 0 Å². The number of carbonyl (C=O) groups is 2.